The fraction of sp³-hybridized carbons (Fsp3) is 0.200. The van der Waals surface area contributed by atoms with Gasteiger partial charge in [0.1, 0.15) is 12.2 Å². The highest BCUT2D eigenvalue weighted by molar-refractivity contribution is 5.69. The van der Waals surface area contributed by atoms with Crippen molar-refractivity contribution >= 4 is 5.97 Å². The van der Waals surface area contributed by atoms with Crippen molar-refractivity contribution in [2.24, 2.45) is 0 Å². The van der Waals surface area contributed by atoms with E-state index in [-0.39, 0.29) is 12.2 Å². The zero-order chi connectivity index (χ0) is 12.3. The van der Waals surface area contributed by atoms with E-state index in [0.29, 0.717) is 11.4 Å². The molecule has 1 heterocycles. The molecular formula is C10H10N4O3. The zero-order valence-electron chi connectivity index (χ0n) is 9.07. The Labute approximate surface area is 96.6 Å². The first-order chi connectivity index (χ1) is 8.20. The molecule has 1 aromatic carbocycles. The standard InChI is InChI=1S/C10H10N4O3/c1-17-8-4-2-3-7(5-8)14-9(6-10(15)16)11-12-13-14/h2-5H,6H2,1H3,(H,15,16). The highest BCUT2D eigenvalue weighted by atomic mass is 16.5. The Morgan fingerprint density at radius 1 is 1.53 bits per heavy atom. The first-order valence-electron chi connectivity index (χ1n) is 4.84. The van der Waals surface area contributed by atoms with Crippen LogP contribution >= 0.6 is 0 Å². The van der Waals surface area contributed by atoms with Crippen LogP contribution in [0.5, 0.6) is 5.75 Å². The molecule has 2 aromatic rings. The van der Waals surface area contributed by atoms with E-state index in [1.807, 2.05) is 0 Å². The second-order valence-corrected chi connectivity index (χ2v) is 3.28. The molecule has 1 aromatic heterocycles. The SMILES string of the molecule is COc1cccc(-n2nnnc2CC(=O)O)c1. The molecule has 0 atom stereocenters. The largest absolute Gasteiger partial charge is 0.497 e. The second-order valence-electron chi connectivity index (χ2n) is 3.28. The number of hydrogen-bond acceptors (Lipinski definition) is 5. The van der Waals surface area contributed by atoms with Crippen molar-refractivity contribution in [1.82, 2.24) is 20.2 Å². The summed E-state index contributed by atoms with van der Waals surface area (Å²) in [5.41, 5.74) is 0.658. The molecule has 0 aliphatic rings. The average molecular weight is 234 g/mol. The van der Waals surface area contributed by atoms with Gasteiger partial charge in [0, 0.05) is 6.07 Å². The smallest absolute Gasteiger partial charge is 0.311 e. The van der Waals surface area contributed by atoms with Gasteiger partial charge in [-0.25, -0.2) is 0 Å². The van der Waals surface area contributed by atoms with Crippen LogP contribution in [-0.4, -0.2) is 38.4 Å². The van der Waals surface area contributed by atoms with Crippen LogP contribution in [0.15, 0.2) is 24.3 Å². The number of carboxylic acid groups (broad SMARTS) is 1. The van der Waals surface area contributed by atoms with Gasteiger partial charge in [-0.2, -0.15) is 4.68 Å². The van der Waals surface area contributed by atoms with Crippen LogP contribution in [-0.2, 0) is 11.2 Å². The minimum Gasteiger partial charge on any atom is -0.497 e. The van der Waals surface area contributed by atoms with E-state index in [1.54, 1.807) is 31.4 Å². The van der Waals surface area contributed by atoms with E-state index in [1.165, 1.54) is 4.68 Å². The topological polar surface area (TPSA) is 90.1 Å². The Hall–Kier alpha value is -2.44. The predicted molar refractivity (Wildman–Crippen MR) is 57.0 cm³/mol. The first-order valence-corrected chi connectivity index (χ1v) is 4.84. The monoisotopic (exact) mass is 234 g/mol. The number of hydrogen-bond donors (Lipinski definition) is 1. The van der Waals surface area contributed by atoms with Crippen LogP contribution in [0.25, 0.3) is 5.69 Å². The number of carbonyl (C=O) groups is 1. The number of aliphatic carboxylic acids is 1. The summed E-state index contributed by atoms with van der Waals surface area (Å²) in [6.07, 6.45) is -0.232. The van der Waals surface area contributed by atoms with Crippen molar-refractivity contribution in [2.45, 2.75) is 6.42 Å². The maximum absolute atomic E-state index is 10.6. The van der Waals surface area contributed by atoms with Gasteiger partial charge in [-0.15, -0.1) is 5.10 Å². The van der Waals surface area contributed by atoms with Crippen molar-refractivity contribution in [1.29, 1.82) is 0 Å². The van der Waals surface area contributed by atoms with E-state index in [0.717, 1.165) is 0 Å². The lowest BCUT2D eigenvalue weighted by molar-refractivity contribution is -0.136. The summed E-state index contributed by atoms with van der Waals surface area (Å²) in [7, 11) is 1.55. The van der Waals surface area contributed by atoms with Gasteiger partial charge in [0.25, 0.3) is 0 Å². The molecule has 0 saturated carbocycles. The zero-order valence-corrected chi connectivity index (χ0v) is 9.07. The summed E-state index contributed by atoms with van der Waals surface area (Å²) in [6.45, 7) is 0. The number of carboxylic acids is 1. The molecule has 17 heavy (non-hydrogen) atoms. The second kappa shape index (κ2) is 4.60. The lowest BCUT2D eigenvalue weighted by Crippen LogP contribution is -2.09. The Morgan fingerprint density at radius 2 is 2.35 bits per heavy atom. The molecule has 0 radical (unpaired) electrons. The lowest BCUT2D eigenvalue weighted by Gasteiger charge is -2.05. The molecule has 0 amide bonds. The van der Waals surface area contributed by atoms with Gasteiger partial charge in [0.2, 0.25) is 0 Å². The van der Waals surface area contributed by atoms with Crippen molar-refractivity contribution in [3.63, 3.8) is 0 Å². The third-order valence-corrected chi connectivity index (χ3v) is 2.14. The van der Waals surface area contributed by atoms with Gasteiger partial charge in [0.05, 0.1) is 12.8 Å². The number of methoxy groups -OCH3 is 1. The van der Waals surface area contributed by atoms with E-state index in [4.69, 9.17) is 9.84 Å². The van der Waals surface area contributed by atoms with Crippen molar-refractivity contribution in [3.05, 3.63) is 30.1 Å². The summed E-state index contributed by atoms with van der Waals surface area (Å²) in [4.78, 5) is 10.6. The molecule has 0 unspecified atom stereocenters. The van der Waals surface area contributed by atoms with Gasteiger partial charge in [-0.3, -0.25) is 4.79 Å². The molecule has 0 aliphatic carbocycles. The van der Waals surface area contributed by atoms with E-state index in [2.05, 4.69) is 15.5 Å². The van der Waals surface area contributed by atoms with Crippen molar-refractivity contribution in [3.8, 4) is 11.4 Å². The molecular weight excluding hydrogens is 224 g/mol. The predicted octanol–water partition coefficient (Wildman–Crippen LogP) is 0.298. The van der Waals surface area contributed by atoms with E-state index >= 15 is 0 Å². The van der Waals surface area contributed by atoms with Crippen molar-refractivity contribution in [2.75, 3.05) is 7.11 Å². The summed E-state index contributed by atoms with van der Waals surface area (Å²) >= 11 is 0. The van der Waals surface area contributed by atoms with Gasteiger partial charge >= 0.3 is 5.97 Å². The number of aromatic nitrogens is 4. The van der Waals surface area contributed by atoms with E-state index < -0.39 is 5.97 Å². The third-order valence-electron chi connectivity index (χ3n) is 2.14. The minimum absolute atomic E-state index is 0.232. The molecule has 0 fully saturated rings. The van der Waals surface area contributed by atoms with Crippen LogP contribution in [0.1, 0.15) is 5.82 Å². The first kappa shape index (κ1) is 11.1. The minimum atomic E-state index is -0.982. The van der Waals surface area contributed by atoms with Gasteiger partial charge in [-0.05, 0) is 22.6 Å². The molecule has 2 rings (SSSR count). The van der Waals surface area contributed by atoms with Gasteiger partial charge in [-0.1, -0.05) is 6.07 Å². The summed E-state index contributed by atoms with van der Waals surface area (Å²) in [5.74, 6) is -0.0611. The third kappa shape index (κ3) is 2.39. The molecule has 1 N–H and O–H groups in total. The number of rotatable bonds is 4. The number of nitrogens with zero attached hydrogens (tertiary/aromatic N) is 4. The molecule has 7 nitrogen and oxygen atoms in total. The molecule has 0 saturated heterocycles. The molecule has 0 spiro atoms. The van der Waals surface area contributed by atoms with Crippen LogP contribution < -0.4 is 4.74 Å². The summed E-state index contributed by atoms with van der Waals surface area (Å²) in [5, 5.41) is 19.6. The lowest BCUT2D eigenvalue weighted by atomic mass is 10.3. The Balaban J connectivity index is 2.38. The average Bonchev–Trinajstić information content (AvgIpc) is 2.76. The highest BCUT2D eigenvalue weighted by Crippen LogP contribution is 2.16. The highest BCUT2D eigenvalue weighted by Gasteiger charge is 2.12. The van der Waals surface area contributed by atoms with E-state index in [9.17, 15) is 4.79 Å². The van der Waals surface area contributed by atoms with Crippen LogP contribution in [0, 0.1) is 0 Å². The maximum Gasteiger partial charge on any atom is 0.311 e. The van der Waals surface area contributed by atoms with Crippen LogP contribution in [0.4, 0.5) is 0 Å². The quantitative estimate of drug-likeness (QED) is 0.818. The molecule has 0 bridgehead atoms. The number of ether oxygens (including phenoxy) is 1. The Morgan fingerprint density at radius 3 is 3.06 bits per heavy atom. The Kier molecular flexibility index (Phi) is 2.99. The number of tetrazole rings is 1. The van der Waals surface area contributed by atoms with Crippen molar-refractivity contribution < 1.29 is 14.6 Å². The molecule has 88 valence electrons. The molecule has 0 aliphatic heterocycles. The fourth-order valence-corrected chi connectivity index (χ4v) is 1.39. The van der Waals surface area contributed by atoms with Gasteiger partial charge < -0.3 is 9.84 Å². The number of benzene rings is 1. The van der Waals surface area contributed by atoms with Crippen LogP contribution in [0.3, 0.4) is 0 Å². The van der Waals surface area contributed by atoms with Gasteiger partial charge in [0.15, 0.2) is 5.82 Å². The molecule has 7 heteroatoms. The Bertz CT molecular complexity index is 538. The maximum atomic E-state index is 10.6. The normalized spacial score (nSPS) is 10.2. The fourth-order valence-electron chi connectivity index (χ4n) is 1.39. The van der Waals surface area contributed by atoms with Crippen LogP contribution in [0.2, 0.25) is 0 Å². The summed E-state index contributed by atoms with van der Waals surface area (Å²) < 4.78 is 6.45. The summed E-state index contributed by atoms with van der Waals surface area (Å²) in [6, 6.07) is 7.05.